The zero-order valence-electron chi connectivity index (χ0n) is 27.6. The van der Waals surface area contributed by atoms with E-state index < -0.39 is 0 Å². The fourth-order valence-corrected chi connectivity index (χ4v) is 9.47. The van der Waals surface area contributed by atoms with Gasteiger partial charge in [0.25, 0.3) is 0 Å². The Morgan fingerprint density at radius 2 is 1.04 bits per heavy atom. The summed E-state index contributed by atoms with van der Waals surface area (Å²) >= 11 is 1.87. The Labute approximate surface area is 298 Å². The second-order valence-electron chi connectivity index (χ2n) is 13.3. The van der Waals surface area contributed by atoms with Gasteiger partial charge in [0.15, 0.2) is 0 Å². The summed E-state index contributed by atoms with van der Waals surface area (Å²) in [6.07, 6.45) is 0. The summed E-state index contributed by atoms with van der Waals surface area (Å²) in [4.78, 5) is 2.51. The molecule has 0 fully saturated rings. The van der Waals surface area contributed by atoms with Gasteiger partial charge in [0.2, 0.25) is 0 Å². The Hall–Kier alpha value is -6.42. The molecule has 0 unspecified atom stereocenters. The van der Waals surface area contributed by atoms with Crippen molar-refractivity contribution in [2.24, 2.45) is 0 Å². The number of hydrogen-bond donors (Lipinski definition) is 0. The van der Waals surface area contributed by atoms with E-state index in [-0.39, 0.29) is 0 Å². The standard InChI is InChI=1S/C48H30N2S/c1-2-13-33(14-3-1)49-41-19-8-6-16-36(41)40-30-34(27-29-43(40)49)50(44-21-11-23-46-48(44)39-17-7-9-22-45(39)51-46)42-20-10-18-38-37(42)28-26-32-25-24-31-12-4-5-15-35(31)47(32)38/h1-30H. The third-order valence-corrected chi connectivity index (χ3v) is 11.7. The Balaban J connectivity index is 1.25. The first-order chi connectivity index (χ1) is 25.3. The molecule has 0 spiro atoms. The Kier molecular flexibility index (Phi) is 6.16. The van der Waals surface area contributed by atoms with Gasteiger partial charge in [-0.25, -0.2) is 0 Å². The molecule has 2 aromatic heterocycles. The lowest BCUT2D eigenvalue weighted by atomic mass is 9.95. The largest absolute Gasteiger partial charge is 0.309 e. The zero-order valence-corrected chi connectivity index (χ0v) is 28.4. The van der Waals surface area contributed by atoms with E-state index in [0.717, 1.165) is 17.1 Å². The molecule has 2 heterocycles. The summed E-state index contributed by atoms with van der Waals surface area (Å²) in [6, 6.07) is 66.8. The highest BCUT2D eigenvalue weighted by Crippen LogP contribution is 2.48. The first-order valence-electron chi connectivity index (χ1n) is 17.4. The Morgan fingerprint density at radius 3 is 1.96 bits per heavy atom. The first kappa shape index (κ1) is 28.4. The van der Waals surface area contributed by atoms with Crippen LogP contribution in [0.1, 0.15) is 0 Å². The van der Waals surface area contributed by atoms with Crippen molar-refractivity contribution in [3.05, 3.63) is 182 Å². The average Bonchev–Trinajstić information content (AvgIpc) is 3.74. The van der Waals surface area contributed by atoms with Gasteiger partial charge in [-0.1, -0.05) is 121 Å². The van der Waals surface area contributed by atoms with E-state index in [9.17, 15) is 0 Å². The van der Waals surface area contributed by atoms with Gasteiger partial charge in [0.1, 0.15) is 0 Å². The molecule has 51 heavy (non-hydrogen) atoms. The predicted octanol–water partition coefficient (Wildman–Crippen LogP) is 14.1. The van der Waals surface area contributed by atoms with E-state index >= 15 is 0 Å². The summed E-state index contributed by atoms with van der Waals surface area (Å²) in [5, 5.41) is 12.6. The zero-order chi connectivity index (χ0) is 33.5. The summed E-state index contributed by atoms with van der Waals surface area (Å²) < 4.78 is 4.98. The lowest BCUT2D eigenvalue weighted by molar-refractivity contribution is 1.18. The highest BCUT2D eigenvalue weighted by atomic mass is 32.1. The molecule has 0 bridgehead atoms. The predicted molar refractivity (Wildman–Crippen MR) is 221 cm³/mol. The van der Waals surface area contributed by atoms with Gasteiger partial charge in [0.05, 0.1) is 22.4 Å². The van der Waals surface area contributed by atoms with Crippen molar-refractivity contribution in [2.45, 2.75) is 0 Å². The lowest BCUT2D eigenvalue weighted by Gasteiger charge is -2.28. The molecule has 238 valence electrons. The van der Waals surface area contributed by atoms with E-state index in [1.807, 2.05) is 11.3 Å². The van der Waals surface area contributed by atoms with Crippen LogP contribution in [-0.2, 0) is 0 Å². The minimum absolute atomic E-state index is 1.13. The highest BCUT2D eigenvalue weighted by molar-refractivity contribution is 7.26. The molecule has 0 aliphatic heterocycles. The maximum atomic E-state index is 2.51. The molecule has 0 radical (unpaired) electrons. The minimum Gasteiger partial charge on any atom is -0.309 e. The van der Waals surface area contributed by atoms with Crippen molar-refractivity contribution in [1.29, 1.82) is 0 Å². The molecular formula is C48H30N2S. The SMILES string of the molecule is c1ccc(-n2c3ccccc3c3cc(N(c4cccc5c4ccc4ccc6ccccc6c45)c4cccc5sc6ccccc6c45)ccc32)cc1. The highest BCUT2D eigenvalue weighted by Gasteiger charge is 2.22. The smallest absolute Gasteiger partial charge is 0.0555 e. The Bertz CT molecular complexity index is 3150. The van der Waals surface area contributed by atoms with Crippen LogP contribution < -0.4 is 4.90 Å². The third kappa shape index (κ3) is 4.22. The summed E-state index contributed by atoms with van der Waals surface area (Å²) in [5.74, 6) is 0. The summed E-state index contributed by atoms with van der Waals surface area (Å²) in [6.45, 7) is 0. The van der Waals surface area contributed by atoms with Gasteiger partial charge in [-0.3, -0.25) is 0 Å². The van der Waals surface area contributed by atoms with Crippen LogP contribution in [0.3, 0.4) is 0 Å². The van der Waals surface area contributed by atoms with Crippen molar-refractivity contribution < 1.29 is 0 Å². The van der Waals surface area contributed by atoms with Crippen molar-refractivity contribution in [2.75, 3.05) is 4.90 Å². The van der Waals surface area contributed by atoms with Gasteiger partial charge >= 0.3 is 0 Å². The molecular weight excluding hydrogens is 637 g/mol. The Morgan fingerprint density at radius 1 is 0.373 bits per heavy atom. The van der Waals surface area contributed by atoms with Crippen molar-refractivity contribution in [1.82, 2.24) is 4.57 Å². The van der Waals surface area contributed by atoms with Crippen LogP contribution in [0.15, 0.2) is 182 Å². The number of aromatic nitrogens is 1. The van der Waals surface area contributed by atoms with Crippen molar-refractivity contribution >= 4 is 103 Å². The van der Waals surface area contributed by atoms with Crippen LogP contribution in [0.25, 0.3) is 80.0 Å². The van der Waals surface area contributed by atoms with Crippen LogP contribution in [0, 0.1) is 0 Å². The van der Waals surface area contributed by atoms with E-state index in [2.05, 4.69) is 191 Å². The molecule has 11 aromatic rings. The maximum Gasteiger partial charge on any atom is 0.0555 e. The normalized spacial score (nSPS) is 11.9. The van der Waals surface area contributed by atoms with E-state index in [1.54, 1.807) is 0 Å². The molecule has 9 aromatic carbocycles. The molecule has 0 aliphatic rings. The third-order valence-electron chi connectivity index (χ3n) is 10.5. The van der Waals surface area contributed by atoms with Crippen molar-refractivity contribution in [3.8, 4) is 5.69 Å². The molecule has 3 heteroatoms. The summed E-state index contributed by atoms with van der Waals surface area (Å²) in [5.41, 5.74) is 7.04. The number of benzene rings is 9. The van der Waals surface area contributed by atoms with Gasteiger partial charge < -0.3 is 9.47 Å². The van der Waals surface area contributed by atoms with Crippen molar-refractivity contribution in [3.63, 3.8) is 0 Å². The molecule has 0 aliphatic carbocycles. The van der Waals surface area contributed by atoms with Gasteiger partial charge in [0, 0.05) is 47.7 Å². The van der Waals surface area contributed by atoms with Crippen LogP contribution >= 0.6 is 11.3 Å². The van der Waals surface area contributed by atoms with Gasteiger partial charge in [-0.05, 0) is 87.6 Å². The fourth-order valence-electron chi connectivity index (χ4n) is 8.35. The second-order valence-corrected chi connectivity index (χ2v) is 14.4. The molecule has 0 N–H and O–H groups in total. The van der Waals surface area contributed by atoms with Crippen LogP contribution in [0.5, 0.6) is 0 Å². The van der Waals surface area contributed by atoms with E-state index in [4.69, 9.17) is 0 Å². The number of anilines is 3. The lowest BCUT2D eigenvalue weighted by Crippen LogP contribution is -2.11. The minimum atomic E-state index is 1.13. The molecule has 0 amide bonds. The molecule has 0 saturated carbocycles. The van der Waals surface area contributed by atoms with Crippen LogP contribution in [0.2, 0.25) is 0 Å². The molecule has 0 saturated heterocycles. The molecule has 0 atom stereocenters. The van der Waals surface area contributed by atoms with Gasteiger partial charge in [-0.15, -0.1) is 11.3 Å². The second kappa shape index (κ2) is 11.0. The quantitative estimate of drug-likeness (QED) is 0.170. The number of fused-ring (bicyclic) bond motifs is 11. The van der Waals surface area contributed by atoms with E-state index in [0.29, 0.717) is 0 Å². The summed E-state index contributed by atoms with van der Waals surface area (Å²) in [7, 11) is 0. The fraction of sp³-hybridized carbons (Fsp3) is 0. The number of para-hydroxylation sites is 2. The molecule has 2 nitrogen and oxygen atoms in total. The van der Waals surface area contributed by atoms with Crippen LogP contribution in [0.4, 0.5) is 17.1 Å². The van der Waals surface area contributed by atoms with Gasteiger partial charge in [-0.2, -0.15) is 0 Å². The number of hydrogen-bond acceptors (Lipinski definition) is 2. The number of rotatable bonds is 4. The maximum absolute atomic E-state index is 2.51. The molecule has 11 rings (SSSR count). The van der Waals surface area contributed by atoms with E-state index in [1.165, 1.54) is 80.0 Å². The average molecular weight is 667 g/mol. The monoisotopic (exact) mass is 666 g/mol. The first-order valence-corrected chi connectivity index (χ1v) is 18.3. The van der Waals surface area contributed by atoms with Crippen LogP contribution in [-0.4, -0.2) is 4.57 Å². The topological polar surface area (TPSA) is 8.17 Å². The number of thiophene rings is 1. The number of nitrogens with zero attached hydrogens (tertiary/aromatic N) is 2.